The van der Waals surface area contributed by atoms with Crippen LogP contribution < -0.4 is 0 Å². The van der Waals surface area contributed by atoms with Gasteiger partial charge in [-0.3, -0.25) is 0 Å². The van der Waals surface area contributed by atoms with Crippen LogP contribution in [0, 0.1) is 11.3 Å². The first-order chi connectivity index (χ1) is 32.2. The van der Waals surface area contributed by atoms with E-state index in [1.807, 2.05) is 84.9 Å². The highest BCUT2D eigenvalue weighted by Gasteiger charge is 2.51. The number of para-hydroxylation sites is 2. The van der Waals surface area contributed by atoms with E-state index in [1.165, 1.54) is 44.5 Å². The summed E-state index contributed by atoms with van der Waals surface area (Å²) in [5, 5.41) is 15.4. The third-order valence-corrected chi connectivity index (χ3v) is 13.7. The van der Waals surface area contributed by atoms with Gasteiger partial charge in [-0.15, -0.1) is 0 Å². The minimum Gasteiger partial charge on any atom is -0.455 e. The molecule has 3 heterocycles. The van der Waals surface area contributed by atoms with Gasteiger partial charge in [0.25, 0.3) is 0 Å². The number of aromatic nitrogens is 4. The maximum absolute atomic E-state index is 11.4. The van der Waals surface area contributed by atoms with Crippen LogP contribution in [0.2, 0.25) is 0 Å². The van der Waals surface area contributed by atoms with Crippen molar-refractivity contribution < 1.29 is 4.42 Å². The number of fused-ring (bicyclic) bond motifs is 16. The van der Waals surface area contributed by atoms with Crippen molar-refractivity contribution in [3.8, 4) is 68.2 Å². The van der Waals surface area contributed by atoms with Crippen molar-refractivity contribution in [2.45, 2.75) is 5.41 Å². The molecule has 2 aliphatic rings. The molecule has 6 heteroatoms. The van der Waals surface area contributed by atoms with Gasteiger partial charge in [0, 0.05) is 27.3 Å². The lowest BCUT2D eigenvalue weighted by molar-refractivity contribution is 0.669. The Bertz CT molecular complexity index is 3920. The molecule has 0 fully saturated rings. The van der Waals surface area contributed by atoms with Gasteiger partial charge in [-0.1, -0.05) is 170 Å². The molecule has 6 nitrogen and oxygen atoms in total. The molecule has 0 radical (unpaired) electrons. The van der Waals surface area contributed by atoms with Crippen LogP contribution in [-0.2, 0) is 5.41 Å². The van der Waals surface area contributed by atoms with Gasteiger partial charge in [-0.05, 0) is 74.8 Å². The molecular weight excluding hydrogens is 795 g/mol. The van der Waals surface area contributed by atoms with Crippen LogP contribution in [0.3, 0.4) is 0 Å². The molecule has 0 unspecified atom stereocenters. The fourth-order valence-electron chi connectivity index (χ4n) is 11.1. The predicted molar refractivity (Wildman–Crippen MR) is 259 cm³/mol. The Labute approximate surface area is 373 Å². The zero-order valence-corrected chi connectivity index (χ0v) is 34.7. The summed E-state index contributed by atoms with van der Waals surface area (Å²) in [6, 6.07) is 72.6. The Morgan fingerprint density at radius 1 is 0.431 bits per heavy atom. The van der Waals surface area contributed by atoms with Gasteiger partial charge in [0.05, 0.1) is 38.6 Å². The smallest absolute Gasteiger partial charge is 0.167 e. The van der Waals surface area contributed by atoms with Crippen LogP contribution in [0.15, 0.2) is 205 Å². The minimum atomic E-state index is -0.494. The SMILES string of the molecule is N#Cc1cc(-c2nc(-c3ccccc3)nc(-c3ccccc3)n2)c2oc3ccccc3c2c1-n1c2ccccc2c2cc3c(cc21)-c1ccccc1C31c2ccccc2-c2ccccc21. The van der Waals surface area contributed by atoms with Crippen LogP contribution in [0.4, 0.5) is 0 Å². The highest BCUT2D eigenvalue weighted by molar-refractivity contribution is 6.18. The number of rotatable bonds is 4. The van der Waals surface area contributed by atoms with Crippen molar-refractivity contribution in [2.24, 2.45) is 0 Å². The number of hydrogen-bond acceptors (Lipinski definition) is 5. The lowest BCUT2D eigenvalue weighted by Gasteiger charge is -2.30. The molecule has 0 bridgehead atoms. The van der Waals surface area contributed by atoms with Crippen molar-refractivity contribution in [3.63, 3.8) is 0 Å². The molecule has 0 N–H and O–H groups in total. The molecule has 300 valence electrons. The summed E-state index contributed by atoms with van der Waals surface area (Å²) < 4.78 is 9.21. The molecule has 65 heavy (non-hydrogen) atoms. The molecule has 0 atom stereocenters. The molecule has 14 rings (SSSR count). The average molecular weight is 828 g/mol. The number of hydrogen-bond donors (Lipinski definition) is 0. The topological polar surface area (TPSA) is 80.5 Å². The van der Waals surface area contributed by atoms with Crippen molar-refractivity contribution in [1.82, 2.24) is 19.5 Å². The average Bonchev–Trinajstić information content (AvgIpc) is 4.09. The number of nitrogens with zero attached hydrogens (tertiary/aromatic N) is 5. The van der Waals surface area contributed by atoms with Crippen LogP contribution in [-0.4, -0.2) is 19.5 Å². The maximum Gasteiger partial charge on any atom is 0.167 e. The number of nitriles is 1. The first kappa shape index (κ1) is 35.7. The van der Waals surface area contributed by atoms with Crippen LogP contribution in [0.5, 0.6) is 0 Å². The normalized spacial score (nSPS) is 13.0. The quantitative estimate of drug-likeness (QED) is 0.176. The molecule has 1 spiro atoms. The van der Waals surface area contributed by atoms with Crippen molar-refractivity contribution in [1.29, 1.82) is 5.26 Å². The lowest BCUT2D eigenvalue weighted by Crippen LogP contribution is -2.25. The fraction of sp³-hybridized carbons (Fsp3) is 0.0169. The number of benzene rings is 9. The predicted octanol–water partition coefficient (Wildman–Crippen LogP) is 14.1. The second kappa shape index (κ2) is 13.3. The second-order valence-electron chi connectivity index (χ2n) is 16.9. The van der Waals surface area contributed by atoms with Crippen molar-refractivity contribution in [3.05, 3.63) is 228 Å². The van der Waals surface area contributed by atoms with E-state index in [-0.39, 0.29) is 0 Å². The minimum absolute atomic E-state index is 0.420. The van der Waals surface area contributed by atoms with Crippen LogP contribution in [0.25, 0.3) is 106 Å². The van der Waals surface area contributed by atoms with E-state index in [9.17, 15) is 5.26 Å². The molecule has 0 saturated heterocycles. The van der Waals surface area contributed by atoms with E-state index in [0.717, 1.165) is 49.4 Å². The summed E-state index contributed by atoms with van der Waals surface area (Å²) in [5.74, 6) is 1.48. The summed E-state index contributed by atoms with van der Waals surface area (Å²) in [6.07, 6.45) is 0. The zero-order chi connectivity index (χ0) is 42.8. The van der Waals surface area contributed by atoms with E-state index in [4.69, 9.17) is 19.4 Å². The van der Waals surface area contributed by atoms with Gasteiger partial charge in [-0.2, -0.15) is 5.26 Å². The summed E-state index contributed by atoms with van der Waals surface area (Å²) >= 11 is 0. The summed E-state index contributed by atoms with van der Waals surface area (Å²) in [7, 11) is 0. The summed E-state index contributed by atoms with van der Waals surface area (Å²) in [5.41, 5.74) is 16.4. The fourth-order valence-corrected chi connectivity index (χ4v) is 11.1. The van der Waals surface area contributed by atoms with Crippen molar-refractivity contribution in [2.75, 3.05) is 0 Å². The zero-order valence-electron chi connectivity index (χ0n) is 34.7. The van der Waals surface area contributed by atoms with E-state index < -0.39 is 5.41 Å². The Morgan fingerprint density at radius 2 is 0.954 bits per heavy atom. The van der Waals surface area contributed by atoms with Gasteiger partial charge in [0.1, 0.15) is 17.2 Å². The van der Waals surface area contributed by atoms with Gasteiger partial charge < -0.3 is 8.98 Å². The summed E-state index contributed by atoms with van der Waals surface area (Å²) in [6.45, 7) is 0. The standard InChI is InChI=1S/C59H33N5O/c60-34-37-31-45(58-62-56(35-17-3-1-4-18-35)61-57(63-58)36-19-5-2-6-20-36)55-53(42-25-11-16-30-52(42)65-55)54(37)64-50-29-15-10-24-41(50)44-32-49-43(33-51(44)64)40-23-9-14-28-48(40)59(49)46-26-12-7-21-38(46)39-22-8-13-27-47(39)59/h1-33H. The molecule has 3 aromatic heterocycles. The van der Waals surface area contributed by atoms with Gasteiger partial charge in [0.15, 0.2) is 17.5 Å². The second-order valence-corrected chi connectivity index (χ2v) is 16.9. The first-order valence-corrected chi connectivity index (χ1v) is 21.8. The molecule has 0 amide bonds. The largest absolute Gasteiger partial charge is 0.455 e. The third kappa shape index (κ3) is 4.79. The highest BCUT2D eigenvalue weighted by Crippen LogP contribution is 2.63. The molecule has 9 aromatic carbocycles. The van der Waals surface area contributed by atoms with Gasteiger partial charge in [0.2, 0.25) is 0 Å². The van der Waals surface area contributed by atoms with E-state index in [1.54, 1.807) is 0 Å². The Kier molecular flexibility index (Phi) is 7.29. The van der Waals surface area contributed by atoms with E-state index in [2.05, 4.69) is 126 Å². The summed E-state index contributed by atoms with van der Waals surface area (Å²) in [4.78, 5) is 15.2. The lowest BCUT2D eigenvalue weighted by atomic mass is 9.70. The molecule has 0 saturated carbocycles. The molecule has 2 aliphatic carbocycles. The van der Waals surface area contributed by atoms with Crippen LogP contribution in [0.1, 0.15) is 27.8 Å². The molecule has 12 aromatic rings. The Balaban J connectivity index is 1.09. The number of furan rings is 1. The third-order valence-electron chi connectivity index (χ3n) is 13.7. The molecule has 0 aliphatic heterocycles. The van der Waals surface area contributed by atoms with E-state index >= 15 is 0 Å². The Hall–Kier alpha value is -8.92. The van der Waals surface area contributed by atoms with Gasteiger partial charge in [-0.25, -0.2) is 15.0 Å². The van der Waals surface area contributed by atoms with Gasteiger partial charge >= 0.3 is 0 Å². The highest BCUT2D eigenvalue weighted by atomic mass is 16.3. The maximum atomic E-state index is 11.4. The Morgan fingerprint density at radius 3 is 1.58 bits per heavy atom. The molecular formula is C59H33N5O. The van der Waals surface area contributed by atoms with Crippen LogP contribution >= 0.6 is 0 Å². The monoisotopic (exact) mass is 827 g/mol. The first-order valence-electron chi connectivity index (χ1n) is 21.8. The van der Waals surface area contributed by atoms with E-state index in [0.29, 0.717) is 39.8 Å². The van der Waals surface area contributed by atoms with Crippen molar-refractivity contribution >= 4 is 43.7 Å².